The van der Waals surface area contributed by atoms with E-state index in [9.17, 15) is 4.39 Å². The average molecular weight is 445 g/mol. The molecule has 6 rings (SSSR count). The molecule has 0 amide bonds. The van der Waals surface area contributed by atoms with E-state index in [1.54, 1.807) is 19.5 Å². The Balaban J connectivity index is 1.34. The van der Waals surface area contributed by atoms with Gasteiger partial charge in [0.2, 0.25) is 5.72 Å². The van der Waals surface area contributed by atoms with E-state index >= 15 is 0 Å². The maximum Gasteiger partial charge on any atom is 0.237 e. The van der Waals surface area contributed by atoms with Gasteiger partial charge in [-0.1, -0.05) is 17.3 Å². The summed E-state index contributed by atoms with van der Waals surface area (Å²) in [6, 6.07) is 11.2. The van der Waals surface area contributed by atoms with Crippen LogP contribution >= 0.6 is 0 Å². The van der Waals surface area contributed by atoms with Crippen molar-refractivity contribution in [1.29, 1.82) is 0 Å². The third-order valence-electron chi connectivity index (χ3n) is 6.85. The van der Waals surface area contributed by atoms with E-state index in [2.05, 4.69) is 27.2 Å². The van der Waals surface area contributed by atoms with Gasteiger partial charge >= 0.3 is 0 Å². The number of rotatable bonds is 3. The Hall–Kier alpha value is -3.61. The first kappa shape index (κ1) is 20.0. The summed E-state index contributed by atoms with van der Waals surface area (Å²) in [6.45, 7) is 2.80. The van der Waals surface area contributed by atoms with Gasteiger partial charge in [0.05, 0.1) is 24.8 Å². The molecule has 3 aliphatic rings. The van der Waals surface area contributed by atoms with Gasteiger partial charge in [0.15, 0.2) is 5.84 Å². The fraction of sp³-hybridized carbons (Fsp3) is 0.308. The molecule has 33 heavy (non-hydrogen) atoms. The Labute approximate surface area is 191 Å². The Morgan fingerprint density at radius 1 is 1.18 bits per heavy atom. The highest BCUT2D eigenvalue weighted by atomic mass is 19.1. The maximum atomic E-state index is 14.1. The molecule has 2 aliphatic heterocycles. The maximum absolute atomic E-state index is 14.1. The molecule has 0 bridgehead atoms. The van der Waals surface area contributed by atoms with E-state index in [0.29, 0.717) is 0 Å². The summed E-state index contributed by atoms with van der Waals surface area (Å²) in [5.41, 5.74) is 5.40. The van der Waals surface area contributed by atoms with Crippen molar-refractivity contribution in [2.45, 2.75) is 38.3 Å². The molecule has 1 fully saturated rings. The minimum absolute atomic E-state index is 0.236. The number of ether oxygens (including phenoxy) is 1. The number of amidine groups is 1. The van der Waals surface area contributed by atoms with Crippen molar-refractivity contribution < 1.29 is 14.0 Å². The van der Waals surface area contributed by atoms with E-state index in [-0.39, 0.29) is 5.82 Å². The molecule has 0 radical (unpaired) electrons. The van der Waals surface area contributed by atoms with E-state index in [0.717, 1.165) is 77.5 Å². The number of piperidine rings is 1. The number of halogens is 1. The van der Waals surface area contributed by atoms with Crippen LogP contribution in [0.25, 0.3) is 11.8 Å². The predicted octanol–water partition coefficient (Wildman–Crippen LogP) is 4.95. The van der Waals surface area contributed by atoms with Crippen LogP contribution in [0, 0.1) is 12.7 Å². The first-order chi connectivity index (χ1) is 16.1. The minimum Gasteiger partial charge on any atom is -0.495 e. The zero-order valence-electron chi connectivity index (χ0n) is 18.7. The third kappa shape index (κ3) is 3.14. The van der Waals surface area contributed by atoms with Crippen molar-refractivity contribution in [2.75, 3.05) is 13.7 Å². The minimum atomic E-state index is -0.687. The molecule has 1 spiro atoms. The Morgan fingerprint density at radius 2 is 2.09 bits per heavy atom. The highest BCUT2D eigenvalue weighted by Gasteiger charge is 2.53. The topological polar surface area (TPSA) is 51.9 Å². The molecule has 1 unspecified atom stereocenters. The normalized spacial score (nSPS) is 22.3. The zero-order valence-corrected chi connectivity index (χ0v) is 18.7. The monoisotopic (exact) mass is 444 g/mol. The predicted molar refractivity (Wildman–Crippen MR) is 124 cm³/mol. The molecular weight excluding hydrogens is 419 g/mol. The van der Waals surface area contributed by atoms with Crippen LogP contribution in [0.4, 0.5) is 4.39 Å². The fourth-order valence-electron chi connectivity index (χ4n) is 5.28. The van der Waals surface area contributed by atoms with Gasteiger partial charge in [0.25, 0.3) is 0 Å². The summed E-state index contributed by atoms with van der Waals surface area (Å²) in [6.07, 6.45) is 9.46. The molecule has 2 aromatic carbocycles. The van der Waals surface area contributed by atoms with Gasteiger partial charge in [-0.25, -0.2) is 9.37 Å². The molecule has 3 aromatic rings. The van der Waals surface area contributed by atoms with Crippen LogP contribution in [-0.4, -0.2) is 33.9 Å². The lowest BCUT2D eigenvalue weighted by molar-refractivity contribution is -0.105. The Morgan fingerprint density at radius 3 is 2.91 bits per heavy atom. The smallest absolute Gasteiger partial charge is 0.237 e. The molecular formula is C26H25FN4O2. The van der Waals surface area contributed by atoms with Crippen LogP contribution in [0.1, 0.15) is 41.6 Å². The first-order valence-electron chi connectivity index (χ1n) is 11.3. The number of nitrogens with zero attached hydrogens (tertiary/aromatic N) is 4. The summed E-state index contributed by atoms with van der Waals surface area (Å²) in [5.74, 6) is 1.39. The quantitative estimate of drug-likeness (QED) is 0.574. The summed E-state index contributed by atoms with van der Waals surface area (Å²) in [4.78, 5) is 12.6. The second kappa shape index (κ2) is 7.47. The van der Waals surface area contributed by atoms with Gasteiger partial charge in [-0.2, -0.15) is 0 Å². The fourth-order valence-corrected chi connectivity index (χ4v) is 5.28. The summed E-state index contributed by atoms with van der Waals surface area (Å²) in [5, 5.41) is 4.52. The van der Waals surface area contributed by atoms with Gasteiger partial charge in [-0.15, -0.1) is 0 Å². The molecule has 1 aliphatic carbocycles. The van der Waals surface area contributed by atoms with Crippen LogP contribution in [0.5, 0.6) is 5.75 Å². The second-order valence-electron chi connectivity index (χ2n) is 8.87. The van der Waals surface area contributed by atoms with Gasteiger partial charge in [-0.05, 0) is 73.2 Å². The van der Waals surface area contributed by atoms with Crippen LogP contribution in [0.3, 0.4) is 0 Å². The number of imidazole rings is 1. The van der Waals surface area contributed by atoms with Gasteiger partial charge in [0, 0.05) is 24.7 Å². The highest BCUT2D eigenvalue weighted by molar-refractivity contribution is 6.03. The van der Waals surface area contributed by atoms with Crippen LogP contribution < -0.4 is 4.74 Å². The molecule has 3 heterocycles. The lowest BCUT2D eigenvalue weighted by Gasteiger charge is -2.38. The van der Waals surface area contributed by atoms with Gasteiger partial charge < -0.3 is 19.0 Å². The molecule has 1 atom stereocenters. The van der Waals surface area contributed by atoms with Gasteiger partial charge in [0.1, 0.15) is 11.6 Å². The summed E-state index contributed by atoms with van der Waals surface area (Å²) >= 11 is 0. The lowest BCUT2D eigenvalue weighted by Crippen LogP contribution is -2.47. The number of aryl methyl sites for hydroxylation is 2. The number of methoxy groups -OCH3 is 1. The standard InChI is InChI=1S/C26H25FN4O2/c1-17-15-30(16-28-17)23-8-5-18(13-24(23)32-2)12-20-4-3-11-31-25(20)29-33-26(31)10-9-19-6-7-21(27)14-22(19)26/h5-8,12-16H,3-4,9-11H2,1-2H3. The molecule has 1 saturated heterocycles. The van der Waals surface area contributed by atoms with Crippen LogP contribution in [0.15, 0.2) is 59.7 Å². The number of oxime groups is 1. The van der Waals surface area contributed by atoms with Gasteiger partial charge in [-0.3, -0.25) is 0 Å². The number of fused-ring (bicyclic) bond motifs is 4. The van der Waals surface area contributed by atoms with Crippen molar-refractivity contribution in [2.24, 2.45) is 5.16 Å². The first-order valence-corrected chi connectivity index (χ1v) is 11.3. The highest BCUT2D eigenvalue weighted by Crippen LogP contribution is 2.48. The molecule has 168 valence electrons. The van der Waals surface area contributed by atoms with Crippen molar-refractivity contribution in [3.05, 3.63) is 82.7 Å². The van der Waals surface area contributed by atoms with Crippen LogP contribution in [0.2, 0.25) is 0 Å². The molecule has 7 heteroatoms. The Kier molecular flexibility index (Phi) is 4.54. The van der Waals surface area contributed by atoms with Crippen molar-refractivity contribution in [3.63, 3.8) is 0 Å². The molecule has 0 saturated carbocycles. The number of benzene rings is 2. The molecule has 1 aromatic heterocycles. The SMILES string of the molecule is COc1cc(C=C2CCCN3C2=NOC32CCc3ccc(F)cc32)ccc1-n1cnc(C)c1. The zero-order chi connectivity index (χ0) is 22.6. The van der Waals surface area contributed by atoms with E-state index in [1.807, 2.05) is 35.9 Å². The Bertz CT molecular complexity index is 1310. The van der Waals surface area contributed by atoms with Crippen molar-refractivity contribution in [1.82, 2.24) is 14.5 Å². The van der Waals surface area contributed by atoms with Crippen molar-refractivity contribution in [3.8, 4) is 11.4 Å². The van der Waals surface area contributed by atoms with Crippen LogP contribution in [-0.2, 0) is 17.0 Å². The second-order valence-corrected chi connectivity index (χ2v) is 8.87. The van der Waals surface area contributed by atoms with E-state index < -0.39 is 5.72 Å². The molecule has 6 nitrogen and oxygen atoms in total. The van der Waals surface area contributed by atoms with E-state index in [1.165, 1.54) is 6.07 Å². The van der Waals surface area contributed by atoms with Crippen molar-refractivity contribution >= 4 is 11.9 Å². The summed E-state index contributed by atoms with van der Waals surface area (Å²) in [7, 11) is 1.68. The average Bonchev–Trinajstić information content (AvgIpc) is 3.53. The lowest BCUT2D eigenvalue weighted by atomic mass is 9.95. The third-order valence-corrected chi connectivity index (χ3v) is 6.85. The molecule has 0 N–H and O–H groups in total. The van der Waals surface area contributed by atoms with E-state index in [4.69, 9.17) is 9.57 Å². The number of hydrogen-bond donors (Lipinski definition) is 0. The number of hydrogen-bond acceptors (Lipinski definition) is 5. The number of aromatic nitrogens is 2. The largest absolute Gasteiger partial charge is 0.495 e. The summed E-state index contributed by atoms with van der Waals surface area (Å²) < 4.78 is 21.7.